The first kappa shape index (κ1) is 12.1. The summed E-state index contributed by atoms with van der Waals surface area (Å²) in [6, 6.07) is 13.8. The molecule has 2 nitrogen and oxygen atoms in total. The number of nitrogens with one attached hydrogen (secondary N) is 1. The predicted molar refractivity (Wildman–Crippen MR) is 74.7 cm³/mol. The van der Waals surface area contributed by atoms with Gasteiger partial charge in [0.2, 0.25) is 0 Å². The third-order valence-corrected chi connectivity index (χ3v) is 3.61. The highest BCUT2D eigenvalue weighted by Gasteiger charge is 2.11. The van der Waals surface area contributed by atoms with Crippen molar-refractivity contribution in [2.75, 3.05) is 5.33 Å². The molecule has 0 fully saturated rings. The zero-order valence-electron chi connectivity index (χ0n) is 9.61. The molecule has 0 saturated heterocycles. The fraction of sp³-hybridized carbons (Fsp3) is 0.214. The van der Waals surface area contributed by atoms with E-state index in [-0.39, 0.29) is 11.9 Å². The molecule has 88 valence electrons. The van der Waals surface area contributed by atoms with Crippen molar-refractivity contribution in [3.05, 3.63) is 48.0 Å². The number of hydrogen-bond acceptors (Lipinski definition) is 1. The second kappa shape index (κ2) is 5.32. The molecular weight excluding hydrogens is 278 g/mol. The van der Waals surface area contributed by atoms with E-state index in [0.717, 1.165) is 21.7 Å². The van der Waals surface area contributed by atoms with Crippen LogP contribution < -0.4 is 5.32 Å². The van der Waals surface area contributed by atoms with Crippen LogP contribution in [0.3, 0.4) is 0 Å². The Kier molecular flexibility index (Phi) is 3.79. The normalized spacial score (nSPS) is 12.4. The van der Waals surface area contributed by atoms with Gasteiger partial charge in [0.15, 0.2) is 0 Å². The summed E-state index contributed by atoms with van der Waals surface area (Å²) in [6.45, 7) is 1.97. The number of carbonyl (C=O) groups is 1. The predicted octanol–water partition coefficient (Wildman–Crippen LogP) is 3.35. The molecule has 0 saturated carbocycles. The fourth-order valence-corrected chi connectivity index (χ4v) is 1.93. The molecule has 2 aromatic rings. The van der Waals surface area contributed by atoms with Crippen molar-refractivity contribution < 1.29 is 4.79 Å². The van der Waals surface area contributed by atoms with Gasteiger partial charge in [-0.25, -0.2) is 0 Å². The lowest BCUT2D eigenvalue weighted by molar-refractivity contribution is 0.0945. The minimum atomic E-state index is -0.0197. The van der Waals surface area contributed by atoms with Gasteiger partial charge >= 0.3 is 0 Å². The Morgan fingerprint density at radius 3 is 2.71 bits per heavy atom. The summed E-state index contributed by atoms with van der Waals surface area (Å²) in [7, 11) is 0. The van der Waals surface area contributed by atoms with Crippen molar-refractivity contribution in [1.29, 1.82) is 0 Å². The number of carbonyl (C=O) groups excluding carboxylic acids is 1. The summed E-state index contributed by atoms with van der Waals surface area (Å²) in [5.41, 5.74) is 0.732. The Balaban J connectivity index is 2.38. The SMILES string of the molecule is CC(CBr)NC(=O)c1cccc2ccccc12. The lowest BCUT2D eigenvalue weighted by Crippen LogP contribution is -2.33. The summed E-state index contributed by atoms with van der Waals surface area (Å²) in [5.74, 6) is -0.0197. The van der Waals surface area contributed by atoms with Gasteiger partial charge in [-0.15, -0.1) is 0 Å². The van der Waals surface area contributed by atoms with Crippen molar-refractivity contribution in [3.63, 3.8) is 0 Å². The fourth-order valence-electron chi connectivity index (χ4n) is 1.76. The van der Waals surface area contributed by atoms with Crippen molar-refractivity contribution in [2.24, 2.45) is 0 Å². The number of hydrogen-bond donors (Lipinski definition) is 1. The van der Waals surface area contributed by atoms with Crippen LogP contribution >= 0.6 is 15.9 Å². The van der Waals surface area contributed by atoms with E-state index in [9.17, 15) is 4.79 Å². The van der Waals surface area contributed by atoms with Crippen LogP contribution in [0, 0.1) is 0 Å². The van der Waals surface area contributed by atoms with Crippen molar-refractivity contribution >= 4 is 32.6 Å². The molecule has 0 aliphatic carbocycles. The highest BCUT2D eigenvalue weighted by Crippen LogP contribution is 2.18. The second-order valence-corrected chi connectivity index (χ2v) is 4.70. The molecule has 0 aromatic heterocycles. The average Bonchev–Trinajstić information content (AvgIpc) is 2.37. The largest absolute Gasteiger partial charge is 0.349 e. The third-order valence-electron chi connectivity index (χ3n) is 2.64. The minimum absolute atomic E-state index is 0.0197. The van der Waals surface area contributed by atoms with E-state index in [4.69, 9.17) is 0 Å². The summed E-state index contributed by atoms with van der Waals surface area (Å²) in [4.78, 5) is 12.1. The molecule has 1 N–H and O–H groups in total. The van der Waals surface area contributed by atoms with Gasteiger partial charge in [0.1, 0.15) is 0 Å². The summed E-state index contributed by atoms with van der Waals surface area (Å²) >= 11 is 3.35. The maximum atomic E-state index is 12.1. The van der Waals surface area contributed by atoms with E-state index in [2.05, 4.69) is 21.2 Å². The highest BCUT2D eigenvalue weighted by molar-refractivity contribution is 9.09. The van der Waals surface area contributed by atoms with Gasteiger partial charge < -0.3 is 5.32 Å². The first-order chi connectivity index (χ1) is 8.22. The first-order valence-corrected chi connectivity index (χ1v) is 6.69. The number of halogens is 1. The summed E-state index contributed by atoms with van der Waals surface area (Å²) in [6.07, 6.45) is 0. The maximum absolute atomic E-state index is 12.1. The van der Waals surface area contributed by atoms with Crippen LogP contribution in [-0.2, 0) is 0 Å². The Morgan fingerprint density at radius 2 is 1.94 bits per heavy atom. The Labute approximate surface area is 109 Å². The molecule has 1 unspecified atom stereocenters. The van der Waals surface area contributed by atoms with Crippen LogP contribution in [0.25, 0.3) is 10.8 Å². The molecular formula is C14H14BrNO. The zero-order valence-corrected chi connectivity index (χ0v) is 11.2. The molecule has 1 atom stereocenters. The summed E-state index contributed by atoms with van der Waals surface area (Å²) in [5, 5.41) is 5.79. The zero-order chi connectivity index (χ0) is 12.3. The number of alkyl halides is 1. The van der Waals surface area contributed by atoms with Crippen molar-refractivity contribution in [2.45, 2.75) is 13.0 Å². The Bertz CT molecular complexity index is 533. The van der Waals surface area contributed by atoms with E-state index in [0.29, 0.717) is 0 Å². The van der Waals surface area contributed by atoms with E-state index in [1.807, 2.05) is 49.4 Å². The van der Waals surface area contributed by atoms with Crippen molar-refractivity contribution in [3.8, 4) is 0 Å². The van der Waals surface area contributed by atoms with Gasteiger partial charge in [-0.3, -0.25) is 4.79 Å². The van der Waals surface area contributed by atoms with Crippen LogP contribution in [0.2, 0.25) is 0 Å². The molecule has 0 aliphatic rings. The van der Waals surface area contributed by atoms with Crippen LogP contribution in [0.4, 0.5) is 0 Å². The molecule has 2 aromatic carbocycles. The average molecular weight is 292 g/mol. The molecule has 0 bridgehead atoms. The topological polar surface area (TPSA) is 29.1 Å². The third kappa shape index (κ3) is 2.67. The van der Waals surface area contributed by atoms with Gasteiger partial charge in [0, 0.05) is 16.9 Å². The smallest absolute Gasteiger partial charge is 0.252 e. The lowest BCUT2D eigenvalue weighted by Gasteiger charge is -2.12. The van der Waals surface area contributed by atoms with Crippen LogP contribution in [0.1, 0.15) is 17.3 Å². The summed E-state index contributed by atoms with van der Waals surface area (Å²) < 4.78 is 0. The quantitative estimate of drug-likeness (QED) is 0.864. The standard InChI is InChI=1S/C14H14BrNO/c1-10(9-15)16-14(17)13-8-4-6-11-5-2-3-7-12(11)13/h2-8,10H,9H2,1H3,(H,16,17). The molecule has 0 aliphatic heterocycles. The van der Waals surface area contributed by atoms with Gasteiger partial charge in [-0.2, -0.15) is 0 Å². The van der Waals surface area contributed by atoms with Gasteiger partial charge in [0.05, 0.1) is 0 Å². The molecule has 1 amide bonds. The van der Waals surface area contributed by atoms with Crippen LogP contribution in [0.5, 0.6) is 0 Å². The Hall–Kier alpha value is -1.35. The van der Waals surface area contributed by atoms with E-state index < -0.39 is 0 Å². The van der Waals surface area contributed by atoms with Gasteiger partial charge in [0.25, 0.3) is 5.91 Å². The Morgan fingerprint density at radius 1 is 1.24 bits per heavy atom. The molecule has 0 spiro atoms. The maximum Gasteiger partial charge on any atom is 0.252 e. The molecule has 0 heterocycles. The minimum Gasteiger partial charge on any atom is -0.349 e. The molecule has 2 rings (SSSR count). The van der Waals surface area contributed by atoms with Crippen molar-refractivity contribution in [1.82, 2.24) is 5.32 Å². The monoisotopic (exact) mass is 291 g/mol. The number of benzene rings is 2. The first-order valence-electron chi connectivity index (χ1n) is 5.57. The van der Waals surface area contributed by atoms with E-state index in [1.165, 1.54) is 0 Å². The highest BCUT2D eigenvalue weighted by atomic mass is 79.9. The second-order valence-electron chi connectivity index (χ2n) is 4.06. The number of amides is 1. The van der Waals surface area contributed by atoms with Crippen LogP contribution in [0.15, 0.2) is 42.5 Å². The molecule has 0 radical (unpaired) electrons. The molecule has 17 heavy (non-hydrogen) atoms. The lowest BCUT2D eigenvalue weighted by atomic mass is 10.0. The number of fused-ring (bicyclic) bond motifs is 1. The van der Waals surface area contributed by atoms with Gasteiger partial charge in [-0.05, 0) is 23.8 Å². The van der Waals surface area contributed by atoms with E-state index >= 15 is 0 Å². The van der Waals surface area contributed by atoms with Gasteiger partial charge in [-0.1, -0.05) is 52.3 Å². The van der Waals surface area contributed by atoms with E-state index in [1.54, 1.807) is 0 Å². The molecule has 3 heteroatoms. The number of rotatable bonds is 3. The van der Waals surface area contributed by atoms with Crippen LogP contribution in [-0.4, -0.2) is 17.3 Å².